The topological polar surface area (TPSA) is 49.3 Å². The number of hydrogen-bond acceptors (Lipinski definition) is 2. The molecular weight excluding hydrogens is 286 g/mol. The fourth-order valence-electron chi connectivity index (χ4n) is 2.62. The van der Waals surface area contributed by atoms with Crippen LogP contribution in [0.3, 0.4) is 0 Å². The van der Waals surface area contributed by atoms with Crippen molar-refractivity contribution < 1.29 is 9.90 Å². The van der Waals surface area contributed by atoms with Gasteiger partial charge in [-0.1, -0.05) is 67.6 Å². The summed E-state index contributed by atoms with van der Waals surface area (Å²) in [5, 5.41) is 12.5. The summed E-state index contributed by atoms with van der Waals surface area (Å²) in [6.07, 6.45) is 2.81. The third kappa shape index (κ3) is 5.53. The van der Waals surface area contributed by atoms with Gasteiger partial charge in [0.15, 0.2) is 0 Å². The molecule has 3 nitrogen and oxygen atoms in total. The Labute approximate surface area is 138 Å². The molecule has 0 aliphatic rings. The molecule has 0 saturated carbocycles. The van der Waals surface area contributed by atoms with Crippen LogP contribution in [0.15, 0.2) is 60.7 Å². The minimum atomic E-state index is -0.333. The first-order valence-electron chi connectivity index (χ1n) is 8.21. The van der Waals surface area contributed by atoms with Gasteiger partial charge in [0.1, 0.15) is 0 Å². The van der Waals surface area contributed by atoms with Crippen LogP contribution in [0.2, 0.25) is 0 Å². The molecule has 2 atom stereocenters. The predicted molar refractivity (Wildman–Crippen MR) is 93.0 cm³/mol. The van der Waals surface area contributed by atoms with Crippen molar-refractivity contribution >= 4 is 5.91 Å². The molecule has 0 aromatic heterocycles. The molecule has 2 N–H and O–H groups in total. The van der Waals surface area contributed by atoms with Gasteiger partial charge in [-0.3, -0.25) is 4.79 Å². The van der Waals surface area contributed by atoms with Gasteiger partial charge in [0, 0.05) is 5.92 Å². The van der Waals surface area contributed by atoms with E-state index >= 15 is 0 Å². The van der Waals surface area contributed by atoms with Crippen molar-refractivity contribution in [3.05, 3.63) is 71.8 Å². The summed E-state index contributed by atoms with van der Waals surface area (Å²) in [4.78, 5) is 12.3. The average molecular weight is 311 g/mol. The van der Waals surface area contributed by atoms with E-state index in [4.69, 9.17) is 0 Å². The summed E-state index contributed by atoms with van der Waals surface area (Å²) in [7, 11) is 0. The second-order valence-corrected chi connectivity index (χ2v) is 5.93. The summed E-state index contributed by atoms with van der Waals surface area (Å²) in [6.45, 7) is 1.85. The molecule has 0 radical (unpaired) electrons. The van der Waals surface area contributed by atoms with Crippen molar-refractivity contribution in [2.24, 2.45) is 5.92 Å². The van der Waals surface area contributed by atoms with Crippen molar-refractivity contribution in [1.29, 1.82) is 0 Å². The van der Waals surface area contributed by atoms with Crippen molar-refractivity contribution in [1.82, 2.24) is 5.32 Å². The highest BCUT2D eigenvalue weighted by molar-refractivity contribution is 5.78. The lowest BCUT2D eigenvalue weighted by Crippen LogP contribution is -2.34. The molecule has 2 aromatic rings. The second kappa shape index (κ2) is 9.11. The first-order chi connectivity index (χ1) is 11.2. The maximum absolute atomic E-state index is 12.3. The molecule has 0 saturated heterocycles. The number of rotatable bonds is 8. The first-order valence-corrected chi connectivity index (χ1v) is 8.21. The van der Waals surface area contributed by atoms with Gasteiger partial charge in [-0.25, -0.2) is 0 Å². The number of amides is 1. The van der Waals surface area contributed by atoms with E-state index in [1.807, 2.05) is 55.5 Å². The molecule has 0 fully saturated rings. The molecule has 0 heterocycles. The Morgan fingerprint density at radius 2 is 1.65 bits per heavy atom. The largest absolute Gasteiger partial charge is 0.394 e. The van der Waals surface area contributed by atoms with Gasteiger partial charge in [-0.05, 0) is 30.4 Å². The molecule has 2 unspecified atom stereocenters. The second-order valence-electron chi connectivity index (χ2n) is 5.93. The van der Waals surface area contributed by atoms with Crippen LogP contribution in [-0.2, 0) is 11.2 Å². The Kier molecular flexibility index (Phi) is 6.82. The molecule has 2 aromatic carbocycles. The Bertz CT molecular complexity index is 583. The Balaban J connectivity index is 1.80. The van der Waals surface area contributed by atoms with Gasteiger partial charge in [-0.15, -0.1) is 0 Å². The van der Waals surface area contributed by atoms with E-state index < -0.39 is 0 Å². The van der Waals surface area contributed by atoms with E-state index in [0.29, 0.717) is 0 Å². The SMILES string of the molecule is CC(CCCc1ccccc1)C(=O)NC(CO)c1ccccc1. The Hall–Kier alpha value is -2.13. The molecule has 1 amide bonds. The third-order valence-corrected chi connectivity index (χ3v) is 4.09. The van der Waals surface area contributed by atoms with E-state index in [2.05, 4.69) is 17.4 Å². The third-order valence-electron chi connectivity index (χ3n) is 4.09. The molecule has 23 heavy (non-hydrogen) atoms. The highest BCUT2D eigenvalue weighted by Gasteiger charge is 2.18. The van der Waals surface area contributed by atoms with Crippen LogP contribution in [0.4, 0.5) is 0 Å². The average Bonchev–Trinajstić information content (AvgIpc) is 2.61. The lowest BCUT2D eigenvalue weighted by molar-refractivity contribution is -0.125. The van der Waals surface area contributed by atoms with Gasteiger partial charge in [0.2, 0.25) is 5.91 Å². The van der Waals surface area contributed by atoms with Crippen LogP contribution in [0.1, 0.15) is 36.9 Å². The monoisotopic (exact) mass is 311 g/mol. The summed E-state index contributed by atoms with van der Waals surface area (Å²) in [5.41, 5.74) is 2.23. The molecule has 0 aliphatic heterocycles. The zero-order valence-corrected chi connectivity index (χ0v) is 13.6. The maximum Gasteiger partial charge on any atom is 0.223 e. The number of aryl methyl sites for hydroxylation is 1. The fraction of sp³-hybridized carbons (Fsp3) is 0.350. The van der Waals surface area contributed by atoms with Crippen molar-refractivity contribution in [2.45, 2.75) is 32.2 Å². The van der Waals surface area contributed by atoms with Crippen LogP contribution in [-0.4, -0.2) is 17.6 Å². The van der Waals surface area contributed by atoms with Gasteiger partial charge >= 0.3 is 0 Å². The summed E-state index contributed by atoms with van der Waals surface area (Å²) in [6, 6.07) is 19.6. The standard InChI is InChI=1S/C20H25NO2/c1-16(9-8-12-17-10-4-2-5-11-17)20(23)21-19(15-22)18-13-6-3-7-14-18/h2-7,10-11,13-14,16,19,22H,8-9,12,15H2,1H3,(H,21,23). The Morgan fingerprint density at radius 1 is 1.04 bits per heavy atom. The quantitative estimate of drug-likeness (QED) is 0.784. The summed E-state index contributed by atoms with van der Waals surface area (Å²) in [5.74, 6) is -0.0579. The fourth-order valence-corrected chi connectivity index (χ4v) is 2.62. The molecule has 122 valence electrons. The van der Waals surface area contributed by atoms with E-state index in [-0.39, 0.29) is 24.5 Å². The van der Waals surface area contributed by atoms with Gasteiger partial charge < -0.3 is 10.4 Å². The normalized spacial score (nSPS) is 13.3. The number of hydrogen-bond donors (Lipinski definition) is 2. The summed E-state index contributed by atoms with van der Waals surface area (Å²) >= 11 is 0. The highest BCUT2D eigenvalue weighted by Crippen LogP contribution is 2.15. The zero-order valence-electron chi connectivity index (χ0n) is 13.6. The predicted octanol–water partition coefficient (Wildman–Crippen LogP) is 3.50. The highest BCUT2D eigenvalue weighted by atomic mass is 16.3. The molecule has 2 rings (SSSR count). The molecular formula is C20H25NO2. The van der Waals surface area contributed by atoms with Gasteiger partial charge in [0.25, 0.3) is 0 Å². The first kappa shape index (κ1) is 17.2. The lowest BCUT2D eigenvalue weighted by Gasteiger charge is -2.19. The van der Waals surface area contributed by atoms with Gasteiger partial charge in [0.05, 0.1) is 12.6 Å². The van der Waals surface area contributed by atoms with Crippen LogP contribution in [0.25, 0.3) is 0 Å². The lowest BCUT2D eigenvalue weighted by atomic mass is 9.99. The Morgan fingerprint density at radius 3 is 2.26 bits per heavy atom. The van der Waals surface area contributed by atoms with Gasteiger partial charge in [-0.2, -0.15) is 0 Å². The number of benzene rings is 2. The smallest absolute Gasteiger partial charge is 0.223 e. The summed E-state index contributed by atoms with van der Waals surface area (Å²) < 4.78 is 0. The molecule has 3 heteroatoms. The minimum Gasteiger partial charge on any atom is -0.394 e. The number of carbonyl (C=O) groups excluding carboxylic acids is 1. The number of nitrogens with one attached hydrogen (secondary N) is 1. The molecule has 0 bridgehead atoms. The number of carbonyl (C=O) groups is 1. The molecule has 0 spiro atoms. The van der Waals surface area contributed by atoms with Crippen molar-refractivity contribution in [3.8, 4) is 0 Å². The van der Waals surface area contributed by atoms with Crippen LogP contribution in [0.5, 0.6) is 0 Å². The van der Waals surface area contributed by atoms with Crippen LogP contribution < -0.4 is 5.32 Å². The van der Waals surface area contributed by atoms with Crippen LogP contribution in [0, 0.1) is 5.92 Å². The van der Waals surface area contributed by atoms with Crippen molar-refractivity contribution in [3.63, 3.8) is 0 Å². The van der Waals surface area contributed by atoms with Crippen molar-refractivity contribution in [2.75, 3.05) is 6.61 Å². The molecule has 0 aliphatic carbocycles. The van der Waals surface area contributed by atoms with E-state index in [9.17, 15) is 9.90 Å². The number of aliphatic hydroxyl groups excluding tert-OH is 1. The minimum absolute atomic E-state index is 0.000893. The van der Waals surface area contributed by atoms with Crippen LogP contribution >= 0.6 is 0 Å². The zero-order chi connectivity index (χ0) is 16.5. The maximum atomic E-state index is 12.3. The van der Waals surface area contributed by atoms with E-state index in [0.717, 1.165) is 24.8 Å². The van der Waals surface area contributed by atoms with E-state index in [1.54, 1.807) is 0 Å². The number of aliphatic hydroxyl groups is 1. The van der Waals surface area contributed by atoms with E-state index in [1.165, 1.54) is 5.56 Å².